The van der Waals surface area contributed by atoms with Crippen LogP contribution in [0.3, 0.4) is 0 Å². The summed E-state index contributed by atoms with van der Waals surface area (Å²) in [4.78, 5) is 33.1. The summed E-state index contributed by atoms with van der Waals surface area (Å²) < 4.78 is 14.1. The van der Waals surface area contributed by atoms with Gasteiger partial charge in [-0.1, -0.05) is 0 Å². The standard InChI is InChI=1S/C11H18O6S2/c1-4-17-11(18-7-9(13)15-2)19-8(5-6-12)10(14)16-3/h6,8,11H,4-5,7H2,1-3H3. The molecule has 0 radical (unpaired) electrons. The van der Waals surface area contributed by atoms with E-state index >= 15 is 0 Å². The molecule has 2 atom stereocenters. The number of esters is 2. The molecule has 2 unspecified atom stereocenters. The Hall–Kier alpha value is -0.730. The first kappa shape index (κ1) is 18.3. The van der Waals surface area contributed by atoms with Crippen molar-refractivity contribution in [1.82, 2.24) is 0 Å². The first-order chi connectivity index (χ1) is 9.08. The predicted molar refractivity (Wildman–Crippen MR) is 74.0 cm³/mol. The highest BCUT2D eigenvalue weighted by Gasteiger charge is 2.25. The maximum Gasteiger partial charge on any atom is 0.319 e. The molecule has 0 aliphatic rings. The normalized spacial score (nSPS) is 13.4. The third-order valence-corrected chi connectivity index (χ3v) is 4.54. The molecular weight excluding hydrogens is 292 g/mol. The van der Waals surface area contributed by atoms with E-state index in [0.29, 0.717) is 12.9 Å². The van der Waals surface area contributed by atoms with Crippen molar-refractivity contribution in [2.24, 2.45) is 0 Å². The molecule has 8 heteroatoms. The highest BCUT2D eigenvalue weighted by atomic mass is 32.2. The number of methoxy groups -OCH3 is 2. The first-order valence-electron chi connectivity index (χ1n) is 5.55. The molecule has 0 aromatic rings. The number of rotatable bonds is 10. The van der Waals surface area contributed by atoms with Crippen molar-refractivity contribution in [3.05, 3.63) is 0 Å². The van der Waals surface area contributed by atoms with Gasteiger partial charge in [-0.25, -0.2) is 0 Å². The van der Waals surface area contributed by atoms with E-state index in [4.69, 9.17) is 4.74 Å². The van der Waals surface area contributed by atoms with Crippen molar-refractivity contribution in [2.75, 3.05) is 26.6 Å². The molecule has 0 saturated carbocycles. The summed E-state index contributed by atoms with van der Waals surface area (Å²) in [6, 6.07) is 0. The zero-order valence-electron chi connectivity index (χ0n) is 11.1. The molecule has 0 aromatic heterocycles. The van der Waals surface area contributed by atoms with E-state index in [1.807, 2.05) is 0 Å². The minimum Gasteiger partial charge on any atom is -0.468 e. The second-order valence-electron chi connectivity index (χ2n) is 3.18. The molecule has 0 saturated heterocycles. The SMILES string of the molecule is CCOC(SCC(=O)OC)SC(CC=O)C(=O)OC. The molecule has 19 heavy (non-hydrogen) atoms. The Morgan fingerprint density at radius 2 is 1.95 bits per heavy atom. The average molecular weight is 310 g/mol. The predicted octanol–water partition coefficient (Wildman–Crippen LogP) is 1.08. The maximum atomic E-state index is 11.5. The van der Waals surface area contributed by atoms with Crippen LogP contribution >= 0.6 is 23.5 Å². The minimum absolute atomic E-state index is 0.0414. The van der Waals surface area contributed by atoms with E-state index in [9.17, 15) is 14.4 Å². The van der Waals surface area contributed by atoms with Crippen LogP contribution in [-0.4, -0.2) is 54.8 Å². The molecular formula is C11H18O6S2. The smallest absolute Gasteiger partial charge is 0.319 e. The van der Waals surface area contributed by atoms with E-state index in [-0.39, 0.29) is 18.1 Å². The van der Waals surface area contributed by atoms with Gasteiger partial charge in [0.15, 0.2) is 4.77 Å². The van der Waals surface area contributed by atoms with E-state index in [1.54, 1.807) is 6.92 Å². The molecule has 0 aromatic carbocycles. The summed E-state index contributed by atoms with van der Waals surface area (Å²) in [6.45, 7) is 2.24. The van der Waals surface area contributed by atoms with Crippen LogP contribution in [0.25, 0.3) is 0 Å². The van der Waals surface area contributed by atoms with Gasteiger partial charge in [0, 0.05) is 13.0 Å². The fraction of sp³-hybridized carbons (Fsp3) is 0.727. The number of carbonyl (C=O) groups excluding carboxylic acids is 3. The van der Waals surface area contributed by atoms with Gasteiger partial charge in [0.2, 0.25) is 0 Å². The van der Waals surface area contributed by atoms with Crippen LogP contribution in [0.5, 0.6) is 0 Å². The van der Waals surface area contributed by atoms with Crippen LogP contribution in [0.15, 0.2) is 0 Å². The van der Waals surface area contributed by atoms with E-state index < -0.39 is 16.0 Å². The van der Waals surface area contributed by atoms with Crippen molar-refractivity contribution in [3.8, 4) is 0 Å². The highest BCUT2D eigenvalue weighted by Crippen LogP contribution is 2.30. The Balaban J connectivity index is 4.45. The number of hydrogen-bond acceptors (Lipinski definition) is 8. The summed E-state index contributed by atoms with van der Waals surface area (Å²) in [5, 5.41) is -0.635. The van der Waals surface area contributed by atoms with Crippen molar-refractivity contribution in [3.63, 3.8) is 0 Å². The van der Waals surface area contributed by atoms with Crippen LogP contribution in [0.2, 0.25) is 0 Å². The van der Waals surface area contributed by atoms with Gasteiger partial charge in [-0.05, 0) is 6.92 Å². The van der Waals surface area contributed by atoms with Crippen molar-refractivity contribution in [2.45, 2.75) is 23.4 Å². The molecule has 0 N–H and O–H groups in total. The zero-order chi connectivity index (χ0) is 14.7. The van der Waals surface area contributed by atoms with Gasteiger partial charge in [0.1, 0.15) is 11.5 Å². The molecule has 110 valence electrons. The summed E-state index contributed by atoms with van der Waals surface area (Å²) in [6.07, 6.45) is 0.697. The Kier molecular flexibility index (Phi) is 10.7. The number of aldehydes is 1. The third-order valence-electron chi connectivity index (χ3n) is 1.92. The van der Waals surface area contributed by atoms with Gasteiger partial charge in [-0.2, -0.15) is 0 Å². The van der Waals surface area contributed by atoms with E-state index in [1.165, 1.54) is 26.0 Å². The number of ether oxygens (including phenoxy) is 3. The molecule has 0 aliphatic carbocycles. The molecule has 0 aliphatic heterocycles. The van der Waals surface area contributed by atoms with Gasteiger partial charge in [0.25, 0.3) is 0 Å². The Morgan fingerprint density at radius 1 is 1.26 bits per heavy atom. The van der Waals surface area contributed by atoms with Gasteiger partial charge in [0.05, 0.1) is 20.0 Å². The van der Waals surface area contributed by atoms with Crippen LogP contribution in [0, 0.1) is 0 Å². The van der Waals surface area contributed by atoms with Crippen LogP contribution in [0.4, 0.5) is 0 Å². The van der Waals surface area contributed by atoms with Gasteiger partial charge in [-0.15, -0.1) is 23.5 Å². The van der Waals surface area contributed by atoms with Crippen LogP contribution in [0.1, 0.15) is 13.3 Å². The lowest BCUT2D eigenvalue weighted by molar-refractivity contribution is -0.140. The Morgan fingerprint density at radius 3 is 2.42 bits per heavy atom. The lowest BCUT2D eigenvalue weighted by Gasteiger charge is -2.19. The molecule has 0 bridgehead atoms. The van der Waals surface area contributed by atoms with Gasteiger partial charge in [-0.3, -0.25) is 9.59 Å². The zero-order valence-corrected chi connectivity index (χ0v) is 12.8. The minimum atomic E-state index is -0.635. The fourth-order valence-electron chi connectivity index (χ4n) is 1.02. The monoisotopic (exact) mass is 310 g/mol. The quantitative estimate of drug-likeness (QED) is 0.337. The second kappa shape index (κ2) is 11.1. The van der Waals surface area contributed by atoms with Crippen LogP contribution < -0.4 is 0 Å². The van der Waals surface area contributed by atoms with E-state index in [0.717, 1.165) is 11.8 Å². The lowest BCUT2D eigenvalue weighted by atomic mass is 10.3. The number of hydrogen-bond donors (Lipinski definition) is 0. The van der Waals surface area contributed by atoms with Gasteiger partial charge >= 0.3 is 11.9 Å². The highest BCUT2D eigenvalue weighted by molar-refractivity contribution is 8.17. The largest absolute Gasteiger partial charge is 0.468 e. The lowest BCUT2D eigenvalue weighted by Crippen LogP contribution is -2.23. The summed E-state index contributed by atoms with van der Waals surface area (Å²) in [5.74, 6) is -0.746. The van der Waals surface area contributed by atoms with E-state index in [2.05, 4.69) is 9.47 Å². The van der Waals surface area contributed by atoms with Gasteiger partial charge < -0.3 is 19.0 Å². The maximum absolute atomic E-state index is 11.5. The molecule has 0 amide bonds. The topological polar surface area (TPSA) is 78.9 Å². The molecule has 0 rings (SSSR count). The first-order valence-corrected chi connectivity index (χ1v) is 7.55. The third kappa shape index (κ3) is 8.12. The summed E-state index contributed by atoms with van der Waals surface area (Å²) in [7, 11) is 2.56. The fourth-order valence-corrected chi connectivity index (χ4v) is 3.44. The molecule has 6 nitrogen and oxygen atoms in total. The second-order valence-corrected chi connectivity index (χ2v) is 5.80. The molecule has 0 spiro atoms. The number of thioether (sulfide) groups is 2. The Labute approximate surface area is 120 Å². The van der Waals surface area contributed by atoms with Crippen molar-refractivity contribution >= 4 is 41.7 Å². The number of carbonyl (C=O) groups is 3. The summed E-state index contributed by atoms with van der Waals surface area (Å²) >= 11 is 2.35. The summed E-state index contributed by atoms with van der Waals surface area (Å²) in [5.41, 5.74) is 0. The molecule has 0 heterocycles. The average Bonchev–Trinajstić information content (AvgIpc) is 2.42. The Bertz CT molecular complexity index is 297. The molecule has 0 fully saturated rings. The van der Waals surface area contributed by atoms with Crippen molar-refractivity contribution in [1.29, 1.82) is 0 Å². The van der Waals surface area contributed by atoms with Crippen molar-refractivity contribution < 1.29 is 28.6 Å². The van der Waals surface area contributed by atoms with Crippen LogP contribution in [-0.2, 0) is 28.6 Å².